The van der Waals surface area contributed by atoms with E-state index in [-0.39, 0.29) is 5.82 Å². The van der Waals surface area contributed by atoms with Crippen molar-refractivity contribution in [3.63, 3.8) is 0 Å². The van der Waals surface area contributed by atoms with Gasteiger partial charge in [-0.1, -0.05) is 19.9 Å². The summed E-state index contributed by atoms with van der Waals surface area (Å²) in [6, 6.07) is 7.98. The van der Waals surface area contributed by atoms with Gasteiger partial charge in [0, 0.05) is 40.3 Å². The largest absolute Gasteiger partial charge is 0.388 e. The van der Waals surface area contributed by atoms with Crippen molar-refractivity contribution < 1.29 is 9.50 Å². The van der Waals surface area contributed by atoms with E-state index in [0.29, 0.717) is 23.1 Å². The lowest BCUT2D eigenvalue weighted by Gasteiger charge is -2.19. The molecule has 0 spiro atoms. The Labute approximate surface area is 179 Å². The normalized spacial score (nSPS) is 16.2. The standard InChI is InChI=1S/C24H26FN3OS/c1-3-27(4-2)11-12-28-19-8-5-15-16(7-10-21(15)29)22(19)23-20(28)9-6-17(24(23)25)18-13-30-14-26-18/h5-6,8-9,13-14,21,29H,3-4,7,10-12H2,1-2H3. The molecule has 5 rings (SSSR count). The van der Waals surface area contributed by atoms with Gasteiger partial charge in [0.25, 0.3) is 0 Å². The molecule has 1 aliphatic carbocycles. The zero-order valence-electron chi connectivity index (χ0n) is 17.4. The van der Waals surface area contributed by atoms with Gasteiger partial charge in [0.05, 0.1) is 22.8 Å². The number of benzene rings is 2. The van der Waals surface area contributed by atoms with Crippen LogP contribution >= 0.6 is 11.3 Å². The smallest absolute Gasteiger partial charge is 0.142 e. The highest BCUT2D eigenvalue weighted by Gasteiger charge is 2.27. The van der Waals surface area contributed by atoms with E-state index in [1.54, 1.807) is 5.51 Å². The summed E-state index contributed by atoms with van der Waals surface area (Å²) in [4.78, 5) is 6.72. The van der Waals surface area contributed by atoms with Gasteiger partial charge in [-0.3, -0.25) is 0 Å². The van der Waals surface area contributed by atoms with E-state index in [0.717, 1.165) is 60.1 Å². The lowest BCUT2D eigenvalue weighted by molar-refractivity contribution is 0.180. The Kier molecular flexibility index (Phi) is 5.09. The first-order chi connectivity index (χ1) is 14.6. The SMILES string of the molecule is CCN(CC)CCn1c2ccc(-c3cscn3)c(F)c2c2c3c(ccc21)C(O)CC3. The van der Waals surface area contributed by atoms with Crippen molar-refractivity contribution in [1.29, 1.82) is 0 Å². The number of rotatable bonds is 6. The third-order valence-corrected chi connectivity index (χ3v) is 7.13. The fraction of sp³-hybridized carbons (Fsp3) is 0.375. The van der Waals surface area contributed by atoms with Gasteiger partial charge in [-0.05, 0) is 55.3 Å². The molecule has 1 aliphatic rings. The van der Waals surface area contributed by atoms with Crippen LogP contribution in [0.2, 0.25) is 0 Å². The highest BCUT2D eigenvalue weighted by atomic mass is 32.1. The van der Waals surface area contributed by atoms with Gasteiger partial charge in [0.15, 0.2) is 0 Å². The van der Waals surface area contributed by atoms with Gasteiger partial charge in [-0.25, -0.2) is 9.37 Å². The molecule has 0 fully saturated rings. The maximum atomic E-state index is 16.0. The third-order valence-electron chi connectivity index (χ3n) is 6.55. The van der Waals surface area contributed by atoms with Crippen molar-refractivity contribution in [3.8, 4) is 11.3 Å². The maximum absolute atomic E-state index is 16.0. The molecule has 30 heavy (non-hydrogen) atoms. The number of aliphatic hydroxyl groups excluding tert-OH is 1. The first kappa shape index (κ1) is 19.7. The number of aryl methyl sites for hydroxylation is 1. The Morgan fingerprint density at radius 3 is 2.67 bits per heavy atom. The number of thiazole rings is 1. The van der Waals surface area contributed by atoms with Gasteiger partial charge in [-0.2, -0.15) is 0 Å². The van der Waals surface area contributed by atoms with Gasteiger partial charge in [0.2, 0.25) is 0 Å². The summed E-state index contributed by atoms with van der Waals surface area (Å²) >= 11 is 1.47. The molecule has 4 nitrogen and oxygen atoms in total. The summed E-state index contributed by atoms with van der Waals surface area (Å²) in [5.41, 5.74) is 6.98. The number of aliphatic hydroxyl groups is 1. The molecule has 1 unspecified atom stereocenters. The average Bonchev–Trinajstić information content (AvgIpc) is 3.48. The topological polar surface area (TPSA) is 41.3 Å². The molecule has 0 saturated heterocycles. The second-order valence-corrected chi connectivity index (χ2v) is 8.67. The number of halogens is 1. The van der Waals surface area contributed by atoms with Crippen LogP contribution in [0.1, 0.15) is 37.5 Å². The second kappa shape index (κ2) is 7.76. The zero-order valence-corrected chi connectivity index (χ0v) is 18.2. The van der Waals surface area contributed by atoms with E-state index in [1.807, 2.05) is 23.6 Å². The molecule has 4 aromatic rings. The Morgan fingerprint density at radius 1 is 1.17 bits per heavy atom. The Bertz CT molecular complexity index is 1210. The second-order valence-electron chi connectivity index (χ2n) is 7.96. The molecule has 1 atom stereocenters. The van der Waals surface area contributed by atoms with Crippen LogP contribution in [-0.4, -0.2) is 39.2 Å². The van der Waals surface area contributed by atoms with E-state index in [4.69, 9.17) is 0 Å². The minimum atomic E-state index is -0.455. The van der Waals surface area contributed by atoms with Crippen molar-refractivity contribution in [3.05, 3.63) is 52.1 Å². The van der Waals surface area contributed by atoms with Crippen molar-refractivity contribution in [2.45, 2.75) is 39.3 Å². The molecular weight excluding hydrogens is 397 g/mol. The van der Waals surface area contributed by atoms with Crippen LogP contribution in [-0.2, 0) is 13.0 Å². The molecule has 1 N–H and O–H groups in total. The predicted molar refractivity (Wildman–Crippen MR) is 122 cm³/mol. The van der Waals surface area contributed by atoms with Gasteiger partial charge < -0.3 is 14.6 Å². The minimum Gasteiger partial charge on any atom is -0.388 e. The Morgan fingerprint density at radius 2 is 1.93 bits per heavy atom. The van der Waals surface area contributed by atoms with Crippen LogP contribution in [0.25, 0.3) is 33.1 Å². The van der Waals surface area contributed by atoms with Crippen LogP contribution in [0, 0.1) is 5.82 Å². The van der Waals surface area contributed by atoms with Crippen molar-refractivity contribution in [1.82, 2.24) is 14.5 Å². The van der Waals surface area contributed by atoms with Crippen LogP contribution in [0.4, 0.5) is 4.39 Å². The predicted octanol–water partition coefficient (Wildman–Crippen LogP) is 5.38. The lowest BCUT2D eigenvalue weighted by atomic mass is 10.00. The highest BCUT2D eigenvalue weighted by Crippen LogP contribution is 2.43. The van der Waals surface area contributed by atoms with Crippen LogP contribution < -0.4 is 0 Å². The highest BCUT2D eigenvalue weighted by molar-refractivity contribution is 7.07. The summed E-state index contributed by atoms with van der Waals surface area (Å²) < 4.78 is 18.2. The molecule has 156 valence electrons. The van der Waals surface area contributed by atoms with Gasteiger partial charge in [0.1, 0.15) is 5.82 Å². The molecule has 0 radical (unpaired) electrons. The average molecular weight is 424 g/mol. The van der Waals surface area contributed by atoms with Gasteiger partial charge >= 0.3 is 0 Å². The third kappa shape index (κ3) is 2.97. The zero-order chi connectivity index (χ0) is 20.8. The summed E-state index contributed by atoms with van der Waals surface area (Å²) in [7, 11) is 0. The molecule has 0 saturated carbocycles. The fourth-order valence-corrected chi connectivity index (χ4v) is 5.45. The van der Waals surface area contributed by atoms with Crippen LogP contribution in [0.3, 0.4) is 0 Å². The van der Waals surface area contributed by atoms with Crippen molar-refractivity contribution in [2.75, 3.05) is 19.6 Å². The number of nitrogens with zero attached hydrogens (tertiary/aromatic N) is 3. The monoisotopic (exact) mass is 423 g/mol. The number of likely N-dealkylation sites (N-methyl/N-ethyl adjacent to an activating group) is 1. The minimum absolute atomic E-state index is 0.209. The van der Waals surface area contributed by atoms with E-state index in [2.05, 4.69) is 34.4 Å². The van der Waals surface area contributed by atoms with E-state index >= 15 is 4.39 Å². The first-order valence-electron chi connectivity index (χ1n) is 10.7. The maximum Gasteiger partial charge on any atom is 0.142 e. The molecule has 0 bridgehead atoms. The molecule has 2 heterocycles. The molecule has 0 aliphatic heterocycles. The van der Waals surface area contributed by atoms with E-state index in [9.17, 15) is 5.11 Å². The van der Waals surface area contributed by atoms with E-state index in [1.165, 1.54) is 11.3 Å². The quantitative estimate of drug-likeness (QED) is 0.453. The first-order valence-corrected chi connectivity index (χ1v) is 11.6. The molecule has 2 aromatic heterocycles. The number of hydrogen-bond acceptors (Lipinski definition) is 4. The summed E-state index contributed by atoms with van der Waals surface area (Å²) in [6.07, 6.45) is 1.03. The fourth-order valence-electron chi connectivity index (χ4n) is 4.90. The van der Waals surface area contributed by atoms with Crippen LogP contribution in [0.5, 0.6) is 0 Å². The van der Waals surface area contributed by atoms with Gasteiger partial charge in [-0.15, -0.1) is 11.3 Å². The van der Waals surface area contributed by atoms with Crippen molar-refractivity contribution in [2.24, 2.45) is 0 Å². The Balaban J connectivity index is 1.78. The van der Waals surface area contributed by atoms with Crippen molar-refractivity contribution >= 4 is 33.1 Å². The van der Waals surface area contributed by atoms with Crippen LogP contribution in [0.15, 0.2) is 35.2 Å². The molecule has 0 amide bonds. The Hall–Kier alpha value is -2.28. The molecular formula is C24H26FN3OS. The molecule has 2 aromatic carbocycles. The summed E-state index contributed by atoms with van der Waals surface area (Å²) in [5.74, 6) is -0.209. The number of hydrogen-bond donors (Lipinski definition) is 1. The summed E-state index contributed by atoms with van der Waals surface area (Å²) in [6.45, 7) is 8.06. The lowest BCUT2D eigenvalue weighted by Crippen LogP contribution is -2.26. The molecule has 6 heteroatoms. The van der Waals surface area contributed by atoms with E-state index < -0.39 is 6.10 Å². The number of fused-ring (bicyclic) bond motifs is 5. The number of aromatic nitrogens is 2. The summed E-state index contributed by atoms with van der Waals surface area (Å²) in [5, 5.41) is 13.9.